The fraction of sp³-hybridized carbons (Fsp3) is 0.214. The van der Waals surface area contributed by atoms with Gasteiger partial charge in [-0.2, -0.15) is 0 Å². The van der Waals surface area contributed by atoms with Crippen molar-refractivity contribution in [2.24, 2.45) is 0 Å². The third-order valence-corrected chi connectivity index (χ3v) is 3.66. The highest BCUT2D eigenvalue weighted by molar-refractivity contribution is 7.13. The molecule has 0 aliphatic carbocycles. The van der Waals surface area contributed by atoms with Gasteiger partial charge in [-0.25, -0.2) is 4.79 Å². The molecule has 0 atom stereocenters. The largest absolute Gasteiger partial charge is 0.477 e. The molecule has 2 aromatic rings. The van der Waals surface area contributed by atoms with E-state index in [1.165, 1.54) is 22.5 Å². The van der Waals surface area contributed by atoms with Crippen molar-refractivity contribution in [2.75, 3.05) is 0 Å². The van der Waals surface area contributed by atoms with Crippen molar-refractivity contribution in [3.63, 3.8) is 0 Å². The first-order chi connectivity index (χ1) is 8.65. The Morgan fingerprint density at radius 1 is 1.28 bits per heavy atom. The van der Waals surface area contributed by atoms with Crippen LogP contribution < -0.4 is 5.32 Å². The molecular weight excluding hydrogens is 246 g/mol. The van der Waals surface area contributed by atoms with Gasteiger partial charge in [-0.3, -0.25) is 0 Å². The number of carbonyl (C=O) groups is 1. The second-order valence-corrected chi connectivity index (χ2v) is 5.33. The molecule has 0 unspecified atom stereocenters. The van der Waals surface area contributed by atoms with Gasteiger partial charge >= 0.3 is 5.97 Å². The second-order valence-electron chi connectivity index (χ2n) is 4.16. The molecule has 4 heteroatoms. The highest BCUT2D eigenvalue weighted by atomic mass is 32.1. The summed E-state index contributed by atoms with van der Waals surface area (Å²) in [6, 6.07) is 11.8. The molecule has 0 spiro atoms. The minimum atomic E-state index is -0.857. The summed E-state index contributed by atoms with van der Waals surface area (Å²) in [5.74, 6) is -0.857. The summed E-state index contributed by atoms with van der Waals surface area (Å²) in [5.41, 5.74) is 2.49. The molecule has 94 valence electrons. The Balaban J connectivity index is 1.86. The van der Waals surface area contributed by atoms with Crippen molar-refractivity contribution < 1.29 is 9.90 Å². The Kier molecular flexibility index (Phi) is 4.12. The molecular formula is C14H15NO2S. The van der Waals surface area contributed by atoms with E-state index >= 15 is 0 Å². The molecule has 2 rings (SSSR count). The number of hydrogen-bond acceptors (Lipinski definition) is 3. The molecule has 1 heterocycles. The number of aryl methyl sites for hydroxylation is 1. The highest BCUT2D eigenvalue weighted by Gasteiger charge is 2.06. The smallest absolute Gasteiger partial charge is 0.345 e. The number of carboxylic acids is 1. The minimum absolute atomic E-state index is 0.391. The first kappa shape index (κ1) is 12.8. The number of benzene rings is 1. The van der Waals surface area contributed by atoms with Gasteiger partial charge in [0.05, 0.1) is 0 Å². The fourth-order valence-corrected chi connectivity index (χ4v) is 2.56. The summed E-state index contributed by atoms with van der Waals surface area (Å²) in [7, 11) is 0. The third kappa shape index (κ3) is 3.42. The van der Waals surface area contributed by atoms with E-state index in [1.54, 1.807) is 6.07 Å². The van der Waals surface area contributed by atoms with Crippen molar-refractivity contribution in [3.05, 3.63) is 57.3 Å². The Morgan fingerprint density at radius 3 is 2.78 bits per heavy atom. The lowest BCUT2D eigenvalue weighted by Crippen LogP contribution is -2.11. The Hall–Kier alpha value is -1.65. The van der Waals surface area contributed by atoms with Crippen LogP contribution in [-0.2, 0) is 13.1 Å². The van der Waals surface area contributed by atoms with Crippen LogP contribution in [0.3, 0.4) is 0 Å². The summed E-state index contributed by atoms with van der Waals surface area (Å²) in [6.45, 7) is 3.57. The maximum absolute atomic E-state index is 10.7. The van der Waals surface area contributed by atoms with E-state index < -0.39 is 5.97 Å². The normalized spacial score (nSPS) is 10.5. The summed E-state index contributed by atoms with van der Waals surface area (Å²) < 4.78 is 0. The zero-order chi connectivity index (χ0) is 13.0. The number of hydrogen-bond donors (Lipinski definition) is 2. The van der Waals surface area contributed by atoms with Crippen LogP contribution in [0, 0.1) is 6.92 Å². The standard InChI is InChI=1S/C14H15NO2S/c1-10-3-2-4-11(7-10)8-15-9-12-5-6-13(18-12)14(16)17/h2-7,15H,8-9H2,1H3,(H,16,17). The SMILES string of the molecule is Cc1cccc(CNCc2ccc(C(=O)O)s2)c1. The van der Waals surface area contributed by atoms with Crippen LogP contribution in [0.25, 0.3) is 0 Å². The number of rotatable bonds is 5. The van der Waals surface area contributed by atoms with E-state index in [1.807, 2.05) is 12.1 Å². The molecule has 0 fully saturated rings. The van der Waals surface area contributed by atoms with Crippen LogP contribution >= 0.6 is 11.3 Å². The Morgan fingerprint density at radius 2 is 2.11 bits per heavy atom. The second kappa shape index (κ2) is 5.80. The van der Waals surface area contributed by atoms with Gasteiger partial charge in [0.25, 0.3) is 0 Å². The molecule has 0 bridgehead atoms. The van der Waals surface area contributed by atoms with Gasteiger partial charge in [0.1, 0.15) is 4.88 Å². The molecule has 2 N–H and O–H groups in total. The number of nitrogens with one attached hydrogen (secondary N) is 1. The lowest BCUT2D eigenvalue weighted by molar-refractivity contribution is 0.0702. The molecule has 18 heavy (non-hydrogen) atoms. The average molecular weight is 261 g/mol. The van der Waals surface area contributed by atoms with Gasteiger partial charge in [0.2, 0.25) is 0 Å². The van der Waals surface area contributed by atoms with Crippen LogP contribution in [0.5, 0.6) is 0 Å². The predicted molar refractivity (Wildman–Crippen MR) is 73.0 cm³/mol. The van der Waals surface area contributed by atoms with Crippen LogP contribution in [-0.4, -0.2) is 11.1 Å². The molecule has 0 aliphatic rings. The molecule has 1 aromatic carbocycles. The minimum Gasteiger partial charge on any atom is -0.477 e. The molecule has 0 saturated carbocycles. The molecule has 0 aliphatic heterocycles. The van der Waals surface area contributed by atoms with Gasteiger partial charge in [0.15, 0.2) is 0 Å². The van der Waals surface area contributed by atoms with Crippen LogP contribution in [0.4, 0.5) is 0 Å². The fourth-order valence-electron chi connectivity index (χ4n) is 1.74. The lowest BCUT2D eigenvalue weighted by Gasteiger charge is -2.04. The van der Waals surface area contributed by atoms with E-state index in [9.17, 15) is 4.79 Å². The lowest BCUT2D eigenvalue weighted by atomic mass is 10.1. The number of aromatic carboxylic acids is 1. The van der Waals surface area contributed by atoms with E-state index in [2.05, 4.69) is 30.4 Å². The third-order valence-electron chi connectivity index (χ3n) is 2.58. The van der Waals surface area contributed by atoms with E-state index in [0.29, 0.717) is 11.4 Å². The van der Waals surface area contributed by atoms with Gasteiger partial charge in [-0.15, -0.1) is 11.3 Å². The van der Waals surface area contributed by atoms with Crippen molar-refractivity contribution in [3.8, 4) is 0 Å². The van der Waals surface area contributed by atoms with Crippen molar-refractivity contribution in [1.29, 1.82) is 0 Å². The highest BCUT2D eigenvalue weighted by Crippen LogP contribution is 2.16. The van der Waals surface area contributed by atoms with Gasteiger partial charge in [0, 0.05) is 18.0 Å². The molecule has 0 amide bonds. The zero-order valence-corrected chi connectivity index (χ0v) is 11.0. The van der Waals surface area contributed by atoms with E-state index in [4.69, 9.17) is 5.11 Å². The summed E-state index contributed by atoms with van der Waals surface area (Å²) in [6.07, 6.45) is 0. The quantitative estimate of drug-likeness (QED) is 0.869. The molecule has 0 radical (unpaired) electrons. The zero-order valence-electron chi connectivity index (χ0n) is 10.1. The maximum atomic E-state index is 10.7. The first-order valence-electron chi connectivity index (χ1n) is 5.73. The summed E-state index contributed by atoms with van der Waals surface area (Å²) in [4.78, 5) is 12.2. The van der Waals surface area contributed by atoms with Crippen molar-refractivity contribution in [2.45, 2.75) is 20.0 Å². The van der Waals surface area contributed by atoms with Crippen LogP contribution in [0.15, 0.2) is 36.4 Å². The predicted octanol–water partition coefficient (Wildman–Crippen LogP) is 3.04. The monoisotopic (exact) mass is 261 g/mol. The summed E-state index contributed by atoms with van der Waals surface area (Å²) >= 11 is 1.32. The average Bonchev–Trinajstić information content (AvgIpc) is 2.78. The summed E-state index contributed by atoms with van der Waals surface area (Å²) in [5, 5.41) is 12.1. The van der Waals surface area contributed by atoms with E-state index in [-0.39, 0.29) is 0 Å². The van der Waals surface area contributed by atoms with Gasteiger partial charge in [-0.1, -0.05) is 29.8 Å². The van der Waals surface area contributed by atoms with Crippen molar-refractivity contribution in [1.82, 2.24) is 5.32 Å². The Bertz CT molecular complexity index is 548. The van der Waals surface area contributed by atoms with Gasteiger partial charge < -0.3 is 10.4 Å². The van der Waals surface area contributed by atoms with E-state index in [0.717, 1.165) is 11.4 Å². The molecule has 3 nitrogen and oxygen atoms in total. The topological polar surface area (TPSA) is 49.3 Å². The molecule has 1 aromatic heterocycles. The number of carboxylic acid groups (broad SMARTS) is 1. The molecule has 0 saturated heterocycles. The number of thiophene rings is 1. The van der Waals surface area contributed by atoms with Crippen LogP contribution in [0.1, 0.15) is 25.7 Å². The Labute approximate surface area is 110 Å². The van der Waals surface area contributed by atoms with Gasteiger partial charge in [-0.05, 0) is 24.6 Å². The first-order valence-corrected chi connectivity index (χ1v) is 6.55. The van der Waals surface area contributed by atoms with Crippen molar-refractivity contribution >= 4 is 17.3 Å². The van der Waals surface area contributed by atoms with Crippen LogP contribution in [0.2, 0.25) is 0 Å². The maximum Gasteiger partial charge on any atom is 0.345 e.